The van der Waals surface area contributed by atoms with Gasteiger partial charge < -0.3 is 5.73 Å². The molecule has 0 aliphatic heterocycles. The zero-order valence-electron chi connectivity index (χ0n) is 9.26. The van der Waals surface area contributed by atoms with Gasteiger partial charge in [0.15, 0.2) is 0 Å². The van der Waals surface area contributed by atoms with Crippen molar-refractivity contribution in [1.29, 1.82) is 0 Å². The van der Waals surface area contributed by atoms with Crippen molar-refractivity contribution < 1.29 is 0 Å². The first-order chi connectivity index (χ1) is 7.65. The van der Waals surface area contributed by atoms with Gasteiger partial charge >= 0.3 is 0 Å². The highest BCUT2D eigenvalue weighted by Gasteiger charge is 2.20. The maximum absolute atomic E-state index is 6.17. The molecule has 0 saturated heterocycles. The number of halogens is 2. The number of hydrogen-bond acceptors (Lipinski definition) is 1. The van der Waals surface area contributed by atoms with Crippen molar-refractivity contribution in [2.24, 2.45) is 11.7 Å². The SMILES string of the molecule is NC(Cc1ccc(Br)cc1Cl)CC1CCC1. The number of benzene rings is 1. The van der Waals surface area contributed by atoms with Crippen molar-refractivity contribution in [2.75, 3.05) is 0 Å². The van der Waals surface area contributed by atoms with Gasteiger partial charge in [-0.3, -0.25) is 0 Å². The molecule has 0 bridgehead atoms. The zero-order valence-corrected chi connectivity index (χ0v) is 11.6. The minimum Gasteiger partial charge on any atom is -0.327 e. The van der Waals surface area contributed by atoms with E-state index in [2.05, 4.69) is 22.0 Å². The first kappa shape index (κ1) is 12.4. The summed E-state index contributed by atoms with van der Waals surface area (Å²) in [5.41, 5.74) is 7.32. The van der Waals surface area contributed by atoms with Crippen molar-refractivity contribution in [3.63, 3.8) is 0 Å². The third-order valence-electron chi connectivity index (χ3n) is 3.36. The van der Waals surface area contributed by atoms with E-state index in [0.717, 1.165) is 33.8 Å². The zero-order chi connectivity index (χ0) is 11.5. The van der Waals surface area contributed by atoms with Crippen LogP contribution in [0.3, 0.4) is 0 Å². The predicted molar refractivity (Wildman–Crippen MR) is 72.8 cm³/mol. The van der Waals surface area contributed by atoms with Crippen LogP contribution in [0.25, 0.3) is 0 Å². The maximum Gasteiger partial charge on any atom is 0.0449 e. The van der Waals surface area contributed by atoms with E-state index in [1.165, 1.54) is 19.3 Å². The van der Waals surface area contributed by atoms with Crippen LogP contribution in [0.15, 0.2) is 22.7 Å². The Hall–Kier alpha value is -0.0500. The van der Waals surface area contributed by atoms with Crippen LogP contribution in [0, 0.1) is 5.92 Å². The first-order valence-electron chi connectivity index (χ1n) is 5.84. The molecule has 1 aliphatic rings. The molecular formula is C13H17BrClN. The molecule has 0 radical (unpaired) electrons. The van der Waals surface area contributed by atoms with Gasteiger partial charge in [-0.25, -0.2) is 0 Å². The molecule has 0 spiro atoms. The van der Waals surface area contributed by atoms with Gasteiger partial charge in [-0.1, -0.05) is 52.9 Å². The Kier molecular flexibility index (Phi) is 4.28. The molecule has 3 heteroatoms. The fourth-order valence-electron chi connectivity index (χ4n) is 2.21. The van der Waals surface area contributed by atoms with Crippen molar-refractivity contribution in [2.45, 2.75) is 38.1 Å². The lowest BCUT2D eigenvalue weighted by molar-refractivity contribution is 0.275. The Morgan fingerprint density at radius 2 is 2.19 bits per heavy atom. The second-order valence-electron chi connectivity index (χ2n) is 4.73. The van der Waals surface area contributed by atoms with Gasteiger partial charge in [-0.2, -0.15) is 0 Å². The topological polar surface area (TPSA) is 26.0 Å². The van der Waals surface area contributed by atoms with E-state index >= 15 is 0 Å². The summed E-state index contributed by atoms with van der Waals surface area (Å²) >= 11 is 9.58. The van der Waals surface area contributed by atoms with Crippen LogP contribution in [-0.2, 0) is 6.42 Å². The van der Waals surface area contributed by atoms with Gasteiger partial charge in [-0.15, -0.1) is 0 Å². The van der Waals surface area contributed by atoms with Crippen molar-refractivity contribution in [3.8, 4) is 0 Å². The summed E-state index contributed by atoms with van der Waals surface area (Å²) in [6, 6.07) is 6.28. The van der Waals surface area contributed by atoms with E-state index in [-0.39, 0.29) is 6.04 Å². The quantitative estimate of drug-likeness (QED) is 0.888. The second-order valence-corrected chi connectivity index (χ2v) is 6.06. The van der Waals surface area contributed by atoms with Crippen LogP contribution < -0.4 is 5.73 Å². The minimum atomic E-state index is 0.254. The second kappa shape index (κ2) is 5.52. The molecule has 1 fully saturated rings. The van der Waals surface area contributed by atoms with Crippen LogP contribution in [0.5, 0.6) is 0 Å². The number of rotatable bonds is 4. The smallest absolute Gasteiger partial charge is 0.0449 e. The minimum absolute atomic E-state index is 0.254. The summed E-state index contributed by atoms with van der Waals surface area (Å²) in [6.07, 6.45) is 6.15. The van der Waals surface area contributed by atoms with Crippen LogP contribution >= 0.6 is 27.5 Å². The molecule has 1 atom stereocenters. The highest BCUT2D eigenvalue weighted by Crippen LogP contribution is 2.31. The Balaban J connectivity index is 1.91. The third-order valence-corrected chi connectivity index (χ3v) is 4.20. The lowest BCUT2D eigenvalue weighted by Crippen LogP contribution is -2.28. The van der Waals surface area contributed by atoms with Gasteiger partial charge in [0.2, 0.25) is 0 Å². The van der Waals surface area contributed by atoms with E-state index in [9.17, 15) is 0 Å². The van der Waals surface area contributed by atoms with E-state index < -0.39 is 0 Å². The summed E-state index contributed by atoms with van der Waals surface area (Å²) in [5.74, 6) is 0.865. The third kappa shape index (κ3) is 3.22. The lowest BCUT2D eigenvalue weighted by atomic mass is 9.80. The van der Waals surface area contributed by atoms with Crippen molar-refractivity contribution in [3.05, 3.63) is 33.3 Å². The lowest BCUT2D eigenvalue weighted by Gasteiger charge is -2.28. The summed E-state index contributed by atoms with van der Waals surface area (Å²) < 4.78 is 1.02. The highest BCUT2D eigenvalue weighted by molar-refractivity contribution is 9.10. The van der Waals surface area contributed by atoms with Crippen molar-refractivity contribution >= 4 is 27.5 Å². The molecule has 1 aromatic rings. The molecule has 0 amide bonds. The molecule has 0 aromatic heterocycles. The molecule has 1 unspecified atom stereocenters. The molecule has 2 N–H and O–H groups in total. The van der Waals surface area contributed by atoms with Crippen LogP contribution in [-0.4, -0.2) is 6.04 Å². The molecule has 1 saturated carbocycles. The predicted octanol–water partition coefficient (Wildman–Crippen LogP) is 4.16. The fraction of sp³-hybridized carbons (Fsp3) is 0.538. The average molecular weight is 303 g/mol. The standard InChI is InChI=1S/C13H17BrClN/c14-11-5-4-10(13(15)8-11)7-12(16)6-9-2-1-3-9/h4-5,8-9,12H,1-3,6-7,16H2. The molecule has 16 heavy (non-hydrogen) atoms. The van der Waals surface area contributed by atoms with Gasteiger partial charge in [0, 0.05) is 15.5 Å². The largest absolute Gasteiger partial charge is 0.327 e. The Bertz CT molecular complexity index is 363. The number of hydrogen-bond donors (Lipinski definition) is 1. The van der Waals surface area contributed by atoms with Gasteiger partial charge in [0.05, 0.1) is 0 Å². The molecule has 2 rings (SSSR count). The molecule has 0 heterocycles. The van der Waals surface area contributed by atoms with Crippen molar-refractivity contribution in [1.82, 2.24) is 0 Å². The summed E-state index contributed by atoms with van der Waals surface area (Å²) in [7, 11) is 0. The van der Waals surface area contributed by atoms with Gasteiger partial charge in [-0.05, 0) is 36.5 Å². The van der Waals surface area contributed by atoms with Crippen LogP contribution in [0.1, 0.15) is 31.2 Å². The molecular weight excluding hydrogens is 286 g/mol. The number of nitrogens with two attached hydrogens (primary N) is 1. The van der Waals surface area contributed by atoms with E-state index in [0.29, 0.717) is 0 Å². The van der Waals surface area contributed by atoms with Gasteiger partial charge in [0.1, 0.15) is 0 Å². The van der Waals surface area contributed by atoms with Crippen LogP contribution in [0.2, 0.25) is 5.02 Å². The Morgan fingerprint density at radius 3 is 2.75 bits per heavy atom. The summed E-state index contributed by atoms with van der Waals surface area (Å²) in [6.45, 7) is 0. The first-order valence-corrected chi connectivity index (χ1v) is 7.02. The van der Waals surface area contributed by atoms with E-state index in [1.807, 2.05) is 12.1 Å². The normalized spacial score (nSPS) is 18.2. The fourth-order valence-corrected chi connectivity index (χ4v) is 2.96. The monoisotopic (exact) mass is 301 g/mol. The van der Waals surface area contributed by atoms with E-state index in [1.54, 1.807) is 0 Å². The van der Waals surface area contributed by atoms with Crippen LogP contribution in [0.4, 0.5) is 0 Å². The molecule has 88 valence electrons. The summed E-state index contributed by atoms with van der Waals surface area (Å²) in [4.78, 5) is 0. The Labute approximate surface area is 110 Å². The van der Waals surface area contributed by atoms with Gasteiger partial charge in [0.25, 0.3) is 0 Å². The highest BCUT2D eigenvalue weighted by atomic mass is 79.9. The average Bonchev–Trinajstić information content (AvgIpc) is 2.16. The molecule has 1 aromatic carbocycles. The molecule has 1 nitrogen and oxygen atoms in total. The molecule has 1 aliphatic carbocycles. The maximum atomic E-state index is 6.17. The summed E-state index contributed by atoms with van der Waals surface area (Å²) in [5, 5.41) is 0.818. The van der Waals surface area contributed by atoms with E-state index in [4.69, 9.17) is 17.3 Å². The Morgan fingerprint density at radius 1 is 1.44 bits per heavy atom.